The van der Waals surface area contributed by atoms with Crippen molar-refractivity contribution in [1.29, 1.82) is 0 Å². The van der Waals surface area contributed by atoms with E-state index >= 15 is 0 Å². The molecule has 0 aliphatic carbocycles. The van der Waals surface area contributed by atoms with Crippen molar-refractivity contribution in [3.05, 3.63) is 24.5 Å². The number of carbonyl (C=O) groups excluding carboxylic acids is 1. The Balaban J connectivity index is 0.000000162. The molecule has 56 valence electrons. The Kier molecular flexibility index (Phi) is 4.86. The molecule has 10 heavy (non-hydrogen) atoms. The zero-order chi connectivity index (χ0) is 7.82. The highest BCUT2D eigenvalue weighted by Crippen LogP contribution is 1.72. The predicted octanol–water partition coefficient (Wildman–Crippen LogP) is 0.299. The summed E-state index contributed by atoms with van der Waals surface area (Å²) in [4.78, 5) is 12.3. The summed E-state index contributed by atoms with van der Waals surface area (Å²) in [6, 6.07) is 3.39. The van der Waals surface area contributed by atoms with Crippen molar-refractivity contribution in [3.8, 4) is 0 Å². The van der Waals surface area contributed by atoms with Gasteiger partial charge in [-0.25, -0.2) is 4.79 Å². The molecular weight excluding hydrogens is 130 g/mol. The Bertz CT molecular complexity index is 142. The van der Waals surface area contributed by atoms with E-state index in [4.69, 9.17) is 0 Å². The van der Waals surface area contributed by atoms with E-state index in [1.54, 1.807) is 0 Å². The van der Waals surface area contributed by atoms with Crippen LogP contribution in [0.1, 0.15) is 0 Å². The van der Waals surface area contributed by atoms with Gasteiger partial charge in [0.25, 0.3) is 0 Å². The van der Waals surface area contributed by atoms with Gasteiger partial charge in [0.05, 0.1) is 0 Å². The predicted molar refractivity (Wildman–Crippen MR) is 39.4 cm³/mol. The fourth-order valence-corrected chi connectivity index (χ4v) is 0.278. The van der Waals surface area contributed by atoms with E-state index < -0.39 is 6.03 Å². The molecule has 4 N–H and O–H groups in total. The second-order valence-corrected chi connectivity index (χ2v) is 1.50. The third-order valence-corrected chi connectivity index (χ3v) is 0.742. The van der Waals surface area contributed by atoms with Crippen LogP contribution in [0.4, 0.5) is 4.79 Å². The molecule has 1 aromatic heterocycles. The molecule has 4 nitrogen and oxygen atoms in total. The van der Waals surface area contributed by atoms with Crippen molar-refractivity contribution in [3.63, 3.8) is 0 Å². The van der Waals surface area contributed by atoms with E-state index in [0.717, 1.165) is 0 Å². The van der Waals surface area contributed by atoms with Crippen LogP contribution in [0.3, 0.4) is 0 Å². The van der Waals surface area contributed by atoms with Crippen molar-refractivity contribution in [2.75, 3.05) is 7.05 Å². The summed E-state index contributed by atoms with van der Waals surface area (Å²) in [6.07, 6.45) is 3.75. The van der Waals surface area contributed by atoms with Crippen LogP contribution in [-0.2, 0) is 0 Å². The van der Waals surface area contributed by atoms with Crippen molar-refractivity contribution in [1.82, 2.24) is 10.3 Å². The molecule has 0 bridgehead atoms. The van der Waals surface area contributed by atoms with Gasteiger partial charge in [-0.05, 0) is 12.1 Å². The number of H-pyrrole nitrogens is 1. The smallest absolute Gasteiger partial charge is 0.311 e. The number of nitrogens with two attached hydrogens (primary N) is 1. The molecule has 0 fully saturated rings. The fourth-order valence-electron chi connectivity index (χ4n) is 0.278. The first-order valence-electron chi connectivity index (χ1n) is 2.82. The molecule has 0 saturated carbocycles. The van der Waals surface area contributed by atoms with Gasteiger partial charge in [0, 0.05) is 19.4 Å². The second kappa shape index (κ2) is 5.68. The lowest BCUT2D eigenvalue weighted by Crippen LogP contribution is -2.24. The van der Waals surface area contributed by atoms with Crippen LogP contribution in [0.5, 0.6) is 0 Å². The lowest BCUT2D eigenvalue weighted by Gasteiger charge is -1.80. The maximum atomic E-state index is 9.48. The van der Waals surface area contributed by atoms with Gasteiger partial charge in [-0.2, -0.15) is 0 Å². The van der Waals surface area contributed by atoms with Crippen molar-refractivity contribution in [2.24, 2.45) is 5.73 Å². The van der Waals surface area contributed by atoms with Crippen molar-refractivity contribution < 1.29 is 4.79 Å². The Labute approximate surface area is 59.4 Å². The maximum Gasteiger partial charge on any atom is 0.311 e. The average molecular weight is 141 g/mol. The summed E-state index contributed by atoms with van der Waals surface area (Å²) in [6.45, 7) is 0. The molecular formula is C6H11N3O. The van der Waals surface area contributed by atoms with Gasteiger partial charge in [0.2, 0.25) is 0 Å². The molecule has 4 heteroatoms. The third kappa shape index (κ3) is 6.55. The maximum absolute atomic E-state index is 9.48. The van der Waals surface area contributed by atoms with Gasteiger partial charge in [-0.15, -0.1) is 0 Å². The second-order valence-electron chi connectivity index (χ2n) is 1.50. The minimum absolute atomic E-state index is 0.495. The van der Waals surface area contributed by atoms with Crippen LogP contribution in [0.2, 0.25) is 0 Å². The summed E-state index contributed by atoms with van der Waals surface area (Å²) in [5.41, 5.74) is 4.54. The molecule has 0 saturated heterocycles. The van der Waals surface area contributed by atoms with Gasteiger partial charge in [0.15, 0.2) is 0 Å². The van der Waals surface area contributed by atoms with Crippen LogP contribution < -0.4 is 11.1 Å². The number of nitrogens with one attached hydrogen (secondary N) is 2. The van der Waals surface area contributed by atoms with Gasteiger partial charge in [-0.1, -0.05) is 0 Å². The zero-order valence-electron chi connectivity index (χ0n) is 5.79. The molecule has 0 aromatic carbocycles. The number of hydrogen-bond donors (Lipinski definition) is 3. The lowest BCUT2D eigenvalue weighted by molar-refractivity contribution is 0.251. The molecule has 2 amide bonds. The number of primary amides is 1. The first kappa shape index (κ1) is 8.55. The number of aromatic nitrogens is 1. The molecule has 0 atom stereocenters. The van der Waals surface area contributed by atoms with Crippen LogP contribution in [0, 0.1) is 0 Å². The summed E-state index contributed by atoms with van der Waals surface area (Å²) in [5, 5.41) is 2.17. The molecule has 0 aliphatic heterocycles. The first-order valence-corrected chi connectivity index (χ1v) is 2.82. The SMILES string of the molecule is CNC(N)=O.c1cc[nH]c1. The number of rotatable bonds is 0. The molecule has 0 radical (unpaired) electrons. The van der Waals surface area contributed by atoms with Gasteiger partial charge in [-0.3, -0.25) is 0 Å². The van der Waals surface area contributed by atoms with Crippen LogP contribution in [0.15, 0.2) is 24.5 Å². The number of amides is 2. The minimum Gasteiger partial charge on any atom is -0.368 e. The average Bonchev–Trinajstić information content (AvgIpc) is 2.43. The number of carbonyl (C=O) groups is 1. The monoisotopic (exact) mass is 141 g/mol. The normalized spacial score (nSPS) is 7.30. The Morgan fingerprint density at radius 1 is 1.50 bits per heavy atom. The standard InChI is InChI=1S/C4H5N.C2H6N2O/c1-2-4-5-3-1;1-4-2(3)5/h1-5H;1H3,(H3,3,4,5). The van der Waals surface area contributed by atoms with Gasteiger partial charge in [0.1, 0.15) is 0 Å². The minimum atomic E-state index is -0.495. The molecule has 0 spiro atoms. The number of aromatic amines is 1. The van der Waals surface area contributed by atoms with Crippen LogP contribution in [0.25, 0.3) is 0 Å². The molecule has 0 unspecified atom stereocenters. The molecule has 0 aliphatic rings. The molecule has 1 rings (SSSR count). The summed E-state index contributed by atoms with van der Waals surface area (Å²) in [7, 11) is 1.47. The first-order chi connectivity index (χ1) is 4.77. The quantitative estimate of drug-likeness (QED) is 0.477. The molecule has 1 aromatic rings. The largest absolute Gasteiger partial charge is 0.368 e. The summed E-state index contributed by atoms with van der Waals surface area (Å²) in [5.74, 6) is 0. The van der Waals surface area contributed by atoms with Gasteiger partial charge < -0.3 is 16.0 Å². The Morgan fingerprint density at radius 3 is 2.00 bits per heavy atom. The van der Waals surface area contributed by atoms with Gasteiger partial charge >= 0.3 is 6.03 Å². The van der Waals surface area contributed by atoms with Crippen molar-refractivity contribution >= 4 is 6.03 Å². The highest BCUT2D eigenvalue weighted by molar-refractivity contribution is 5.71. The Morgan fingerprint density at radius 2 is 1.90 bits per heavy atom. The fraction of sp³-hybridized carbons (Fsp3) is 0.167. The van der Waals surface area contributed by atoms with Crippen LogP contribution >= 0.6 is 0 Å². The summed E-state index contributed by atoms with van der Waals surface area (Å²) >= 11 is 0. The van der Waals surface area contributed by atoms with Crippen molar-refractivity contribution in [2.45, 2.75) is 0 Å². The highest BCUT2D eigenvalue weighted by atomic mass is 16.2. The van der Waals surface area contributed by atoms with Crippen LogP contribution in [-0.4, -0.2) is 18.1 Å². The highest BCUT2D eigenvalue weighted by Gasteiger charge is 1.72. The third-order valence-electron chi connectivity index (χ3n) is 0.742. The summed E-state index contributed by atoms with van der Waals surface area (Å²) < 4.78 is 0. The number of hydrogen-bond acceptors (Lipinski definition) is 1. The number of urea groups is 1. The zero-order valence-corrected chi connectivity index (χ0v) is 5.79. The van der Waals surface area contributed by atoms with E-state index in [1.807, 2.05) is 24.5 Å². The molecule has 1 heterocycles. The van der Waals surface area contributed by atoms with E-state index in [9.17, 15) is 4.79 Å². The Hall–Kier alpha value is -1.45. The van der Waals surface area contributed by atoms with E-state index in [1.165, 1.54) is 7.05 Å². The van der Waals surface area contributed by atoms with E-state index in [-0.39, 0.29) is 0 Å². The van der Waals surface area contributed by atoms with E-state index in [0.29, 0.717) is 0 Å². The van der Waals surface area contributed by atoms with E-state index in [2.05, 4.69) is 16.0 Å². The lowest BCUT2D eigenvalue weighted by atomic mass is 10.7. The topological polar surface area (TPSA) is 70.9 Å².